The summed E-state index contributed by atoms with van der Waals surface area (Å²) in [5, 5.41) is 0. The average molecular weight is 260 g/mol. The summed E-state index contributed by atoms with van der Waals surface area (Å²) in [5.74, 6) is 0. The summed E-state index contributed by atoms with van der Waals surface area (Å²) in [6.07, 6.45) is 0. The van der Waals surface area contributed by atoms with E-state index < -0.39 is 0 Å². The molecular weight excluding hydrogens is 228 g/mol. The van der Waals surface area contributed by atoms with Crippen molar-refractivity contribution in [3.63, 3.8) is 0 Å². The van der Waals surface area contributed by atoms with Crippen molar-refractivity contribution in [1.29, 1.82) is 0 Å². The number of hydrogen-bond donors (Lipinski definition) is 1. The van der Waals surface area contributed by atoms with E-state index in [2.05, 4.69) is 25.7 Å². The summed E-state index contributed by atoms with van der Waals surface area (Å²) in [7, 11) is 0. The highest BCUT2D eigenvalue weighted by Gasteiger charge is 2.28. The molecular formula is C14H32N2O2. The zero-order valence-electron chi connectivity index (χ0n) is 12.9. The molecule has 2 N–H and O–H groups in total. The van der Waals surface area contributed by atoms with Crippen LogP contribution in [0.15, 0.2) is 0 Å². The highest BCUT2D eigenvalue weighted by Crippen LogP contribution is 2.23. The normalized spacial score (nSPS) is 14.2. The van der Waals surface area contributed by atoms with Gasteiger partial charge >= 0.3 is 0 Å². The Bertz CT molecular complexity index is 183. The summed E-state index contributed by atoms with van der Waals surface area (Å²) in [6.45, 7) is 16.3. The van der Waals surface area contributed by atoms with Crippen LogP contribution in [-0.2, 0) is 9.47 Å². The van der Waals surface area contributed by atoms with Gasteiger partial charge in [-0.1, -0.05) is 20.8 Å². The van der Waals surface area contributed by atoms with Crippen LogP contribution in [0.2, 0.25) is 0 Å². The van der Waals surface area contributed by atoms with Crippen LogP contribution in [-0.4, -0.2) is 57.0 Å². The zero-order valence-corrected chi connectivity index (χ0v) is 12.9. The molecule has 0 heterocycles. The van der Waals surface area contributed by atoms with Crippen LogP contribution < -0.4 is 5.73 Å². The van der Waals surface area contributed by atoms with Crippen molar-refractivity contribution in [2.75, 3.05) is 46.1 Å². The fraction of sp³-hybridized carbons (Fsp3) is 1.00. The Labute approximate surface area is 113 Å². The maximum Gasteiger partial charge on any atom is 0.0593 e. The van der Waals surface area contributed by atoms with Crippen LogP contribution in [0.4, 0.5) is 0 Å². The minimum absolute atomic E-state index is 0.174. The quantitative estimate of drug-likeness (QED) is 0.608. The maximum atomic E-state index is 5.94. The highest BCUT2D eigenvalue weighted by atomic mass is 16.5. The van der Waals surface area contributed by atoms with Crippen molar-refractivity contribution in [2.45, 2.75) is 40.7 Å². The molecule has 0 aliphatic rings. The highest BCUT2D eigenvalue weighted by molar-refractivity contribution is 4.84. The molecule has 18 heavy (non-hydrogen) atoms. The minimum Gasteiger partial charge on any atom is -0.380 e. The molecule has 0 aromatic heterocycles. The third-order valence-corrected chi connectivity index (χ3v) is 3.12. The molecule has 0 aromatic carbocycles. The van der Waals surface area contributed by atoms with Crippen LogP contribution in [0.5, 0.6) is 0 Å². The first-order chi connectivity index (χ1) is 8.47. The van der Waals surface area contributed by atoms with Crippen molar-refractivity contribution < 1.29 is 9.47 Å². The third-order valence-electron chi connectivity index (χ3n) is 3.12. The topological polar surface area (TPSA) is 47.7 Å². The molecule has 0 rings (SSSR count). The molecule has 0 saturated heterocycles. The second kappa shape index (κ2) is 9.73. The van der Waals surface area contributed by atoms with E-state index in [1.165, 1.54) is 0 Å². The largest absolute Gasteiger partial charge is 0.380 e. The molecule has 0 spiro atoms. The summed E-state index contributed by atoms with van der Waals surface area (Å²) >= 11 is 0. The number of nitrogens with two attached hydrogens (primary N) is 1. The zero-order chi connectivity index (χ0) is 14.0. The summed E-state index contributed by atoms with van der Waals surface area (Å²) < 4.78 is 10.9. The van der Waals surface area contributed by atoms with Gasteiger partial charge < -0.3 is 15.2 Å². The van der Waals surface area contributed by atoms with Crippen LogP contribution in [0, 0.1) is 5.41 Å². The lowest BCUT2D eigenvalue weighted by Crippen LogP contribution is -2.51. The first kappa shape index (κ1) is 17.8. The predicted molar refractivity (Wildman–Crippen MR) is 76.9 cm³/mol. The van der Waals surface area contributed by atoms with Gasteiger partial charge in [0.25, 0.3) is 0 Å². The van der Waals surface area contributed by atoms with Gasteiger partial charge in [0.05, 0.1) is 13.2 Å². The van der Waals surface area contributed by atoms with Crippen molar-refractivity contribution in [3.05, 3.63) is 0 Å². The van der Waals surface area contributed by atoms with Gasteiger partial charge in [0.15, 0.2) is 0 Å². The van der Waals surface area contributed by atoms with Crippen LogP contribution >= 0.6 is 0 Å². The van der Waals surface area contributed by atoms with Crippen LogP contribution in [0.25, 0.3) is 0 Å². The fourth-order valence-corrected chi connectivity index (χ4v) is 2.13. The van der Waals surface area contributed by atoms with Crippen molar-refractivity contribution in [1.82, 2.24) is 4.90 Å². The van der Waals surface area contributed by atoms with Crippen LogP contribution in [0.3, 0.4) is 0 Å². The van der Waals surface area contributed by atoms with Gasteiger partial charge in [0, 0.05) is 38.9 Å². The van der Waals surface area contributed by atoms with E-state index in [4.69, 9.17) is 15.2 Å². The van der Waals surface area contributed by atoms with Crippen molar-refractivity contribution in [3.8, 4) is 0 Å². The van der Waals surface area contributed by atoms with Crippen molar-refractivity contribution >= 4 is 0 Å². The molecule has 4 heteroatoms. The standard InChI is InChI=1S/C14H32N2O2/c1-6-17-10-8-16(9-11-18-7-2)13(12-15)14(3,4)5/h13H,6-12,15H2,1-5H3. The van der Waals surface area contributed by atoms with Crippen molar-refractivity contribution in [2.24, 2.45) is 11.1 Å². The Hall–Kier alpha value is -0.160. The second-order valence-electron chi connectivity index (χ2n) is 5.55. The maximum absolute atomic E-state index is 5.94. The monoisotopic (exact) mass is 260 g/mol. The number of ether oxygens (including phenoxy) is 2. The van der Waals surface area contributed by atoms with Gasteiger partial charge in [-0.2, -0.15) is 0 Å². The van der Waals surface area contributed by atoms with Gasteiger partial charge in [0.2, 0.25) is 0 Å². The molecule has 0 bridgehead atoms. The van der Waals surface area contributed by atoms with Gasteiger partial charge in [-0.15, -0.1) is 0 Å². The number of rotatable bonds is 10. The summed E-state index contributed by atoms with van der Waals surface area (Å²) in [6, 6.07) is 0.360. The lowest BCUT2D eigenvalue weighted by molar-refractivity contribution is 0.0338. The second-order valence-corrected chi connectivity index (χ2v) is 5.55. The Morgan fingerprint density at radius 1 is 1.00 bits per heavy atom. The summed E-state index contributed by atoms with van der Waals surface area (Å²) in [4.78, 5) is 2.39. The molecule has 0 radical (unpaired) electrons. The Balaban J connectivity index is 4.39. The van der Waals surface area contributed by atoms with Gasteiger partial charge in [-0.25, -0.2) is 0 Å². The first-order valence-electron chi connectivity index (χ1n) is 7.06. The lowest BCUT2D eigenvalue weighted by atomic mass is 9.85. The number of hydrogen-bond acceptors (Lipinski definition) is 4. The van der Waals surface area contributed by atoms with Gasteiger partial charge in [0.1, 0.15) is 0 Å². The number of nitrogens with zero attached hydrogens (tertiary/aromatic N) is 1. The molecule has 0 aliphatic carbocycles. The van der Waals surface area contributed by atoms with E-state index in [1.807, 2.05) is 13.8 Å². The SMILES string of the molecule is CCOCCN(CCOCC)C(CN)C(C)(C)C. The third kappa shape index (κ3) is 7.31. The van der Waals surface area contributed by atoms with Gasteiger partial charge in [-0.05, 0) is 19.3 Å². The summed E-state index contributed by atoms with van der Waals surface area (Å²) in [5.41, 5.74) is 6.12. The Kier molecular flexibility index (Phi) is 9.64. The van der Waals surface area contributed by atoms with E-state index in [9.17, 15) is 0 Å². The molecule has 1 unspecified atom stereocenters. The minimum atomic E-state index is 0.174. The first-order valence-corrected chi connectivity index (χ1v) is 7.06. The fourth-order valence-electron chi connectivity index (χ4n) is 2.13. The van der Waals surface area contributed by atoms with Gasteiger partial charge in [-0.3, -0.25) is 4.90 Å². The van der Waals surface area contributed by atoms with E-state index in [1.54, 1.807) is 0 Å². The molecule has 0 aliphatic heterocycles. The Morgan fingerprint density at radius 3 is 1.72 bits per heavy atom. The molecule has 0 saturated carbocycles. The lowest BCUT2D eigenvalue weighted by Gasteiger charge is -2.39. The molecule has 4 nitrogen and oxygen atoms in total. The predicted octanol–water partition coefficient (Wildman–Crippen LogP) is 1.73. The molecule has 110 valence electrons. The van der Waals surface area contributed by atoms with E-state index in [-0.39, 0.29) is 5.41 Å². The average Bonchev–Trinajstić information content (AvgIpc) is 2.28. The van der Waals surface area contributed by atoms with E-state index in [0.717, 1.165) is 39.5 Å². The smallest absolute Gasteiger partial charge is 0.0593 e. The Morgan fingerprint density at radius 2 is 1.44 bits per heavy atom. The molecule has 0 amide bonds. The molecule has 0 aromatic rings. The van der Waals surface area contributed by atoms with Crippen LogP contribution in [0.1, 0.15) is 34.6 Å². The van der Waals surface area contributed by atoms with E-state index in [0.29, 0.717) is 12.6 Å². The molecule has 1 atom stereocenters. The van der Waals surface area contributed by atoms with E-state index >= 15 is 0 Å². The molecule has 0 fully saturated rings.